The monoisotopic (exact) mass is 219 g/mol. The van der Waals surface area contributed by atoms with Gasteiger partial charge in [-0.3, -0.25) is 9.88 Å². The lowest BCUT2D eigenvalue weighted by Crippen LogP contribution is -2.46. The van der Waals surface area contributed by atoms with E-state index in [4.69, 9.17) is 5.73 Å². The van der Waals surface area contributed by atoms with Gasteiger partial charge in [0.2, 0.25) is 0 Å². The third-order valence-electron chi connectivity index (χ3n) is 3.32. The topological polar surface area (TPSA) is 42.1 Å². The highest BCUT2D eigenvalue weighted by atomic mass is 15.2. The maximum atomic E-state index is 6.26. The Morgan fingerprint density at radius 2 is 2.44 bits per heavy atom. The third kappa shape index (κ3) is 2.42. The van der Waals surface area contributed by atoms with Gasteiger partial charge in [-0.1, -0.05) is 13.0 Å². The van der Waals surface area contributed by atoms with Gasteiger partial charge in [-0.25, -0.2) is 0 Å². The number of hydrogen-bond acceptors (Lipinski definition) is 3. The van der Waals surface area contributed by atoms with Crippen molar-refractivity contribution in [2.24, 2.45) is 5.73 Å². The highest BCUT2D eigenvalue weighted by molar-refractivity contribution is 5.17. The summed E-state index contributed by atoms with van der Waals surface area (Å²) in [5, 5.41) is 0. The van der Waals surface area contributed by atoms with E-state index in [1.807, 2.05) is 18.5 Å². The van der Waals surface area contributed by atoms with Crippen LogP contribution in [0.4, 0.5) is 0 Å². The number of piperidine rings is 1. The van der Waals surface area contributed by atoms with Crippen molar-refractivity contribution < 1.29 is 0 Å². The highest BCUT2D eigenvalue weighted by Gasteiger charge is 2.29. The Hall–Kier alpha value is -0.930. The first-order valence-electron chi connectivity index (χ1n) is 6.22. The van der Waals surface area contributed by atoms with Gasteiger partial charge in [-0.2, -0.15) is 0 Å². The minimum atomic E-state index is 0.254. The molecule has 0 saturated carbocycles. The summed E-state index contributed by atoms with van der Waals surface area (Å²) in [5.74, 6) is 0. The van der Waals surface area contributed by atoms with E-state index in [0.717, 1.165) is 13.0 Å². The first kappa shape index (κ1) is 11.6. The number of likely N-dealkylation sites (tertiary alicyclic amines) is 1. The van der Waals surface area contributed by atoms with Crippen molar-refractivity contribution in [3.8, 4) is 0 Å². The van der Waals surface area contributed by atoms with Crippen molar-refractivity contribution in [2.75, 3.05) is 13.1 Å². The number of rotatable bonds is 3. The molecule has 1 aromatic rings. The Kier molecular flexibility index (Phi) is 3.91. The fourth-order valence-corrected chi connectivity index (χ4v) is 2.64. The minimum absolute atomic E-state index is 0.254. The first-order chi connectivity index (χ1) is 7.83. The second-order valence-electron chi connectivity index (χ2n) is 4.57. The molecule has 2 heterocycles. The molecule has 0 aromatic carbocycles. The minimum Gasteiger partial charge on any atom is -0.326 e. The van der Waals surface area contributed by atoms with Crippen LogP contribution in [0.15, 0.2) is 24.5 Å². The van der Waals surface area contributed by atoms with Crippen molar-refractivity contribution >= 4 is 0 Å². The average molecular weight is 219 g/mol. The Morgan fingerprint density at radius 1 is 1.56 bits per heavy atom. The van der Waals surface area contributed by atoms with Crippen LogP contribution >= 0.6 is 0 Å². The van der Waals surface area contributed by atoms with E-state index in [-0.39, 0.29) is 6.04 Å². The molecule has 2 N–H and O–H groups in total. The van der Waals surface area contributed by atoms with Crippen molar-refractivity contribution in [3.05, 3.63) is 30.1 Å². The molecule has 0 amide bonds. The summed E-state index contributed by atoms with van der Waals surface area (Å²) in [6.07, 6.45) is 7.31. The Morgan fingerprint density at radius 3 is 3.12 bits per heavy atom. The molecule has 3 heteroatoms. The normalized spacial score (nSPS) is 26.9. The average Bonchev–Trinajstić information content (AvgIpc) is 2.31. The van der Waals surface area contributed by atoms with E-state index in [2.05, 4.69) is 22.9 Å². The van der Waals surface area contributed by atoms with Gasteiger partial charge >= 0.3 is 0 Å². The first-order valence-corrected chi connectivity index (χ1v) is 6.22. The zero-order chi connectivity index (χ0) is 11.4. The Balaban J connectivity index is 2.19. The van der Waals surface area contributed by atoms with Gasteiger partial charge in [0.05, 0.1) is 6.04 Å². The molecular formula is C13H21N3. The van der Waals surface area contributed by atoms with Gasteiger partial charge in [-0.15, -0.1) is 0 Å². The molecular weight excluding hydrogens is 198 g/mol. The van der Waals surface area contributed by atoms with Crippen LogP contribution in [0.2, 0.25) is 0 Å². The van der Waals surface area contributed by atoms with Gasteiger partial charge in [-0.05, 0) is 44.0 Å². The van der Waals surface area contributed by atoms with Crippen molar-refractivity contribution in [1.29, 1.82) is 0 Å². The fourth-order valence-electron chi connectivity index (χ4n) is 2.64. The lowest BCUT2D eigenvalue weighted by Gasteiger charge is -2.39. The summed E-state index contributed by atoms with van der Waals surface area (Å²) in [6, 6.07) is 4.76. The second kappa shape index (κ2) is 5.41. The molecule has 16 heavy (non-hydrogen) atoms. The molecule has 2 unspecified atom stereocenters. The molecule has 88 valence electrons. The molecule has 1 aromatic heterocycles. The largest absolute Gasteiger partial charge is 0.326 e. The Bertz CT molecular complexity index is 310. The molecule has 2 atom stereocenters. The molecule has 2 rings (SSSR count). The zero-order valence-corrected chi connectivity index (χ0v) is 9.97. The zero-order valence-electron chi connectivity index (χ0n) is 9.97. The predicted octanol–water partition coefficient (Wildman–Crippen LogP) is 1.96. The number of hydrogen-bond donors (Lipinski definition) is 1. The molecule has 1 aliphatic heterocycles. The van der Waals surface area contributed by atoms with Gasteiger partial charge in [0.1, 0.15) is 0 Å². The predicted molar refractivity (Wildman–Crippen MR) is 66.1 cm³/mol. The molecule has 0 bridgehead atoms. The highest BCUT2D eigenvalue weighted by Crippen LogP contribution is 2.29. The lowest BCUT2D eigenvalue weighted by atomic mass is 9.92. The van der Waals surface area contributed by atoms with E-state index in [9.17, 15) is 0 Å². The van der Waals surface area contributed by atoms with Crippen LogP contribution in [0.1, 0.15) is 37.8 Å². The molecule has 3 nitrogen and oxygen atoms in total. The van der Waals surface area contributed by atoms with Crippen LogP contribution in [0.25, 0.3) is 0 Å². The summed E-state index contributed by atoms with van der Waals surface area (Å²) in [6.45, 7) is 4.52. The maximum absolute atomic E-state index is 6.26. The summed E-state index contributed by atoms with van der Waals surface area (Å²) in [7, 11) is 0. The van der Waals surface area contributed by atoms with Gasteiger partial charge in [0, 0.05) is 18.4 Å². The summed E-state index contributed by atoms with van der Waals surface area (Å²) < 4.78 is 0. The number of aromatic nitrogens is 1. The lowest BCUT2D eigenvalue weighted by molar-refractivity contribution is 0.128. The number of nitrogens with two attached hydrogens (primary N) is 1. The van der Waals surface area contributed by atoms with Gasteiger partial charge in [0.25, 0.3) is 0 Å². The third-order valence-corrected chi connectivity index (χ3v) is 3.32. The Labute approximate surface area is 97.7 Å². The SMILES string of the molecule is CCCN1CCCC(N)C1c1cccnc1. The quantitative estimate of drug-likeness (QED) is 0.845. The van der Waals surface area contributed by atoms with Gasteiger partial charge in [0.15, 0.2) is 0 Å². The molecule has 0 aliphatic carbocycles. The molecule has 1 saturated heterocycles. The van der Waals surface area contributed by atoms with Crippen LogP contribution in [0.3, 0.4) is 0 Å². The van der Waals surface area contributed by atoms with Crippen LogP contribution in [0.5, 0.6) is 0 Å². The van der Waals surface area contributed by atoms with Crippen molar-refractivity contribution in [2.45, 2.75) is 38.3 Å². The molecule has 0 radical (unpaired) electrons. The maximum Gasteiger partial charge on any atom is 0.0514 e. The van der Waals surface area contributed by atoms with Crippen molar-refractivity contribution in [1.82, 2.24) is 9.88 Å². The molecule has 1 aliphatic rings. The standard InChI is InChI=1S/C13H21N3/c1-2-8-16-9-4-6-12(14)13(16)11-5-3-7-15-10-11/h3,5,7,10,12-13H,2,4,6,8-9,14H2,1H3. The van der Waals surface area contributed by atoms with E-state index in [0.29, 0.717) is 6.04 Å². The summed E-state index contributed by atoms with van der Waals surface area (Å²) in [4.78, 5) is 6.71. The van der Waals surface area contributed by atoms with E-state index >= 15 is 0 Å². The number of nitrogens with zero attached hydrogens (tertiary/aromatic N) is 2. The van der Waals surface area contributed by atoms with E-state index < -0.39 is 0 Å². The fraction of sp³-hybridized carbons (Fsp3) is 0.615. The van der Waals surface area contributed by atoms with Crippen LogP contribution in [-0.2, 0) is 0 Å². The van der Waals surface area contributed by atoms with E-state index in [1.165, 1.54) is 24.9 Å². The van der Waals surface area contributed by atoms with Crippen LogP contribution in [-0.4, -0.2) is 29.0 Å². The van der Waals surface area contributed by atoms with E-state index in [1.54, 1.807) is 0 Å². The number of pyridine rings is 1. The van der Waals surface area contributed by atoms with Crippen LogP contribution < -0.4 is 5.73 Å². The summed E-state index contributed by atoms with van der Waals surface area (Å²) in [5.41, 5.74) is 7.53. The van der Waals surface area contributed by atoms with Gasteiger partial charge < -0.3 is 5.73 Å². The summed E-state index contributed by atoms with van der Waals surface area (Å²) >= 11 is 0. The van der Waals surface area contributed by atoms with Crippen molar-refractivity contribution in [3.63, 3.8) is 0 Å². The second-order valence-corrected chi connectivity index (χ2v) is 4.57. The molecule has 0 spiro atoms. The van der Waals surface area contributed by atoms with Crippen LogP contribution in [0, 0.1) is 0 Å². The molecule has 1 fully saturated rings. The smallest absolute Gasteiger partial charge is 0.0514 e.